The molecular weight excluding hydrogens is 424 g/mol. The largest absolute Gasteiger partial charge is 0.482 e. The number of carbonyl (C=O) groups is 2. The zero-order valence-electron chi connectivity index (χ0n) is 18.0. The van der Waals surface area contributed by atoms with Crippen molar-refractivity contribution in [3.05, 3.63) is 101 Å². The van der Waals surface area contributed by atoms with E-state index in [1.54, 1.807) is 29.2 Å². The van der Waals surface area contributed by atoms with Crippen molar-refractivity contribution in [2.45, 2.75) is 25.9 Å². The standard InChI is InChI=1S/C26H27ClN2O3/c1-2-28-26(31)23(17-20-11-5-3-6-12-20)29(18-21-13-7-4-8-14-21)25(30)19-32-24-16-10-9-15-22(24)27/h3-16,23H,2,17-19H2,1H3,(H,28,31)/t23-/m0/s1. The lowest BCUT2D eigenvalue weighted by Gasteiger charge is -2.31. The Balaban J connectivity index is 1.87. The summed E-state index contributed by atoms with van der Waals surface area (Å²) in [6.07, 6.45) is 0.400. The summed E-state index contributed by atoms with van der Waals surface area (Å²) in [6.45, 7) is 2.41. The van der Waals surface area contributed by atoms with Crippen LogP contribution in [0.3, 0.4) is 0 Å². The van der Waals surface area contributed by atoms with E-state index in [-0.39, 0.29) is 18.4 Å². The highest BCUT2D eigenvalue weighted by Gasteiger charge is 2.30. The average molecular weight is 451 g/mol. The molecule has 3 aromatic rings. The van der Waals surface area contributed by atoms with Crippen LogP contribution in [0.25, 0.3) is 0 Å². The monoisotopic (exact) mass is 450 g/mol. The van der Waals surface area contributed by atoms with Gasteiger partial charge in [-0.3, -0.25) is 9.59 Å². The molecule has 0 aliphatic rings. The van der Waals surface area contributed by atoms with Gasteiger partial charge < -0.3 is 15.0 Å². The average Bonchev–Trinajstić information content (AvgIpc) is 2.82. The molecule has 0 fully saturated rings. The normalized spacial score (nSPS) is 11.4. The molecule has 0 bridgehead atoms. The van der Waals surface area contributed by atoms with Crippen LogP contribution in [0.4, 0.5) is 0 Å². The summed E-state index contributed by atoms with van der Waals surface area (Å²) in [5.41, 5.74) is 1.91. The van der Waals surface area contributed by atoms with Gasteiger partial charge in [0.05, 0.1) is 5.02 Å². The van der Waals surface area contributed by atoms with Gasteiger partial charge in [-0.2, -0.15) is 0 Å². The van der Waals surface area contributed by atoms with Crippen molar-refractivity contribution in [3.63, 3.8) is 0 Å². The molecule has 0 heterocycles. The molecule has 0 saturated heterocycles. The molecule has 0 spiro atoms. The molecule has 0 saturated carbocycles. The molecule has 1 atom stereocenters. The number of carbonyl (C=O) groups excluding carboxylic acids is 2. The van der Waals surface area contributed by atoms with Crippen molar-refractivity contribution in [2.75, 3.05) is 13.2 Å². The minimum atomic E-state index is -0.681. The molecule has 2 amide bonds. The molecular formula is C26H27ClN2O3. The number of rotatable bonds is 10. The lowest BCUT2D eigenvalue weighted by atomic mass is 10.0. The maximum Gasteiger partial charge on any atom is 0.261 e. The lowest BCUT2D eigenvalue weighted by molar-refractivity contribution is -0.142. The summed E-state index contributed by atoms with van der Waals surface area (Å²) in [7, 11) is 0. The number of nitrogens with one attached hydrogen (secondary N) is 1. The van der Waals surface area contributed by atoms with Crippen molar-refractivity contribution in [3.8, 4) is 5.75 Å². The smallest absolute Gasteiger partial charge is 0.261 e. The second-order valence-corrected chi connectivity index (χ2v) is 7.73. The third-order valence-corrected chi connectivity index (χ3v) is 5.32. The van der Waals surface area contributed by atoms with Crippen molar-refractivity contribution < 1.29 is 14.3 Å². The molecule has 3 rings (SSSR count). The fourth-order valence-electron chi connectivity index (χ4n) is 3.41. The van der Waals surface area contributed by atoms with Crippen LogP contribution >= 0.6 is 11.6 Å². The van der Waals surface area contributed by atoms with Crippen molar-refractivity contribution in [1.29, 1.82) is 0 Å². The van der Waals surface area contributed by atoms with E-state index < -0.39 is 6.04 Å². The summed E-state index contributed by atoms with van der Waals surface area (Å²) >= 11 is 6.16. The van der Waals surface area contributed by atoms with E-state index >= 15 is 0 Å². The quantitative estimate of drug-likeness (QED) is 0.495. The van der Waals surface area contributed by atoms with E-state index in [1.807, 2.05) is 67.6 Å². The molecule has 1 N–H and O–H groups in total. The van der Waals surface area contributed by atoms with Gasteiger partial charge in [0.15, 0.2) is 6.61 Å². The molecule has 3 aromatic carbocycles. The molecule has 0 radical (unpaired) electrons. The Bertz CT molecular complexity index is 1010. The number of ether oxygens (including phenoxy) is 1. The number of halogens is 1. The Kier molecular flexibility index (Phi) is 8.70. The Morgan fingerprint density at radius 3 is 2.12 bits per heavy atom. The summed E-state index contributed by atoms with van der Waals surface area (Å²) in [4.78, 5) is 28.0. The summed E-state index contributed by atoms with van der Waals surface area (Å²) in [6, 6.07) is 25.6. The first-order valence-electron chi connectivity index (χ1n) is 10.6. The van der Waals surface area contributed by atoms with Crippen LogP contribution in [0.1, 0.15) is 18.1 Å². The van der Waals surface area contributed by atoms with Gasteiger partial charge in [-0.05, 0) is 30.2 Å². The maximum absolute atomic E-state index is 13.4. The van der Waals surface area contributed by atoms with E-state index in [0.29, 0.717) is 30.3 Å². The van der Waals surface area contributed by atoms with Crippen LogP contribution in [0.5, 0.6) is 5.75 Å². The first-order valence-corrected chi connectivity index (χ1v) is 11.0. The predicted octanol–water partition coefficient (Wildman–Crippen LogP) is 4.50. The van der Waals surface area contributed by atoms with E-state index in [0.717, 1.165) is 11.1 Å². The number of benzene rings is 3. The molecule has 166 valence electrons. The number of hydrogen-bond acceptors (Lipinski definition) is 3. The van der Waals surface area contributed by atoms with E-state index in [4.69, 9.17) is 16.3 Å². The van der Waals surface area contributed by atoms with E-state index in [9.17, 15) is 9.59 Å². The molecule has 5 nitrogen and oxygen atoms in total. The second kappa shape index (κ2) is 11.9. The molecule has 0 unspecified atom stereocenters. The highest BCUT2D eigenvalue weighted by atomic mass is 35.5. The Labute approximate surface area is 194 Å². The van der Waals surface area contributed by atoms with Gasteiger partial charge in [0.2, 0.25) is 5.91 Å². The Morgan fingerprint density at radius 1 is 0.906 bits per heavy atom. The van der Waals surface area contributed by atoms with Crippen molar-refractivity contribution in [2.24, 2.45) is 0 Å². The van der Waals surface area contributed by atoms with Crippen LogP contribution in [0, 0.1) is 0 Å². The third kappa shape index (κ3) is 6.59. The maximum atomic E-state index is 13.4. The first-order chi connectivity index (χ1) is 15.6. The Morgan fingerprint density at radius 2 is 1.50 bits per heavy atom. The minimum Gasteiger partial charge on any atom is -0.482 e. The minimum absolute atomic E-state index is 0.196. The lowest BCUT2D eigenvalue weighted by Crippen LogP contribution is -2.51. The van der Waals surface area contributed by atoms with Crippen LogP contribution in [0.15, 0.2) is 84.9 Å². The predicted molar refractivity (Wildman–Crippen MR) is 127 cm³/mol. The van der Waals surface area contributed by atoms with Gasteiger partial charge in [-0.1, -0.05) is 84.4 Å². The van der Waals surface area contributed by atoms with Gasteiger partial charge in [0, 0.05) is 19.5 Å². The number of amides is 2. The van der Waals surface area contributed by atoms with Gasteiger partial charge in [0.25, 0.3) is 5.91 Å². The zero-order chi connectivity index (χ0) is 22.8. The second-order valence-electron chi connectivity index (χ2n) is 7.33. The SMILES string of the molecule is CCNC(=O)[C@H](Cc1ccccc1)N(Cc1ccccc1)C(=O)COc1ccccc1Cl. The summed E-state index contributed by atoms with van der Waals surface area (Å²) in [5, 5.41) is 3.31. The Hall–Kier alpha value is -3.31. The number of para-hydroxylation sites is 1. The van der Waals surface area contributed by atoms with Gasteiger partial charge in [-0.25, -0.2) is 0 Å². The van der Waals surface area contributed by atoms with Crippen LogP contribution in [-0.4, -0.2) is 35.9 Å². The molecule has 32 heavy (non-hydrogen) atoms. The van der Waals surface area contributed by atoms with Gasteiger partial charge >= 0.3 is 0 Å². The van der Waals surface area contributed by atoms with Crippen LogP contribution in [0.2, 0.25) is 5.02 Å². The number of likely N-dealkylation sites (N-methyl/N-ethyl adjacent to an activating group) is 1. The van der Waals surface area contributed by atoms with Crippen LogP contribution in [-0.2, 0) is 22.6 Å². The fourth-order valence-corrected chi connectivity index (χ4v) is 3.60. The molecule has 0 aromatic heterocycles. The number of nitrogens with zero attached hydrogens (tertiary/aromatic N) is 1. The zero-order valence-corrected chi connectivity index (χ0v) is 18.8. The summed E-state index contributed by atoms with van der Waals surface area (Å²) < 4.78 is 5.70. The molecule has 0 aliphatic heterocycles. The van der Waals surface area contributed by atoms with E-state index in [2.05, 4.69) is 5.32 Å². The first kappa shape index (κ1) is 23.4. The van der Waals surface area contributed by atoms with Gasteiger partial charge in [0.1, 0.15) is 11.8 Å². The van der Waals surface area contributed by atoms with Crippen molar-refractivity contribution in [1.82, 2.24) is 10.2 Å². The van der Waals surface area contributed by atoms with Gasteiger partial charge in [-0.15, -0.1) is 0 Å². The molecule has 6 heteroatoms. The van der Waals surface area contributed by atoms with Crippen LogP contribution < -0.4 is 10.1 Å². The highest BCUT2D eigenvalue weighted by Crippen LogP contribution is 2.23. The number of hydrogen-bond donors (Lipinski definition) is 1. The molecule has 0 aliphatic carbocycles. The van der Waals surface area contributed by atoms with Crippen molar-refractivity contribution >= 4 is 23.4 Å². The highest BCUT2D eigenvalue weighted by molar-refractivity contribution is 6.32. The fraction of sp³-hybridized carbons (Fsp3) is 0.231. The summed E-state index contributed by atoms with van der Waals surface area (Å²) in [5.74, 6) is -0.0564. The van der Waals surface area contributed by atoms with E-state index in [1.165, 1.54) is 0 Å². The third-order valence-electron chi connectivity index (χ3n) is 5.01. The topological polar surface area (TPSA) is 58.6 Å².